The lowest BCUT2D eigenvalue weighted by Gasteiger charge is -2.40. The number of rotatable bonds is 6. The first-order valence-corrected chi connectivity index (χ1v) is 7.32. The Morgan fingerprint density at radius 3 is 2.42 bits per heavy atom. The zero-order valence-corrected chi connectivity index (χ0v) is 12.6. The fourth-order valence-corrected chi connectivity index (χ4v) is 2.45. The Morgan fingerprint density at radius 1 is 1.42 bits per heavy atom. The second-order valence-corrected chi connectivity index (χ2v) is 6.33. The van der Waals surface area contributed by atoms with E-state index >= 15 is 0 Å². The van der Waals surface area contributed by atoms with Gasteiger partial charge < -0.3 is 14.4 Å². The summed E-state index contributed by atoms with van der Waals surface area (Å²) in [6.07, 6.45) is 5.37. The van der Waals surface area contributed by atoms with Crippen LogP contribution in [0.15, 0.2) is 0 Å². The molecule has 0 N–H and O–H groups in total. The summed E-state index contributed by atoms with van der Waals surface area (Å²) in [6, 6.07) is 0.0149. The molecule has 1 aliphatic carbocycles. The van der Waals surface area contributed by atoms with Gasteiger partial charge in [-0.1, -0.05) is 13.3 Å². The lowest BCUT2D eigenvalue weighted by atomic mass is 9.78. The summed E-state index contributed by atoms with van der Waals surface area (Å²) in [5.41, 5.74) is -0.492. The molecule has 0 aliphatic heterocycles. The van der Waals surface area contributed by atoms with Crippen molar-refractivity contribution < 1.29 is 14.3 Å². The van der Waals surface area contributed by atoms with Crippen molar-refractivity contribution in [3.05, 3.63) is 0 Å². The zero-order valence-electron chi connectivity index (χ0n) is 12.6. The second-order valence-electron chi connectivity index (χ2n) is 6.33. The standard InChI is InChI=1S/C15H27NO3/c1-5-10-16(14(18)19-15(2,3)4)13(9-11-17)12-7-6-8-12/h11-13H,5-10H2,1-4H3. The Balaban J connectivity index is 2.76. The van der Waals surface area contributed by atoms with Gasteiger partial charge in [0.15, 0.2) is 0 Å². The molecule has 19 heavy (non-hydrogen) atoms. The van der Waals surface area contributed by atoms with Gasteiger partial charge in [-0.15, -0.1) is 0 Å². The van der Waals surface area contributed by atoms with Crippen molar-refractivity contribution in [2.45, 2.75) is 71.4 Å². The van der Waals surface area contributed by atoms with Gasteiger partial charge in [-0.2, -0.15) is 0 Å². The van der Waals surface area contributed by atoms with Crippen LogP contribution in [0.2, 0.25) is 0 Å². The van der Waals surface area contributed by atoms with E-state index in [1.807, 2.05) is 27.7 Å². The average Bonchev–Trinajstić information content (AvgIpc) is 2.20. The summed E-state index contributed by atoms with van der Waals surface area (Å²) in [4.78, 5) is 25.0. The van der Waals surface area contributed by atoms with Crippen molar-refractivity contribution in [2.75, 3.05) is 6.54 Å². The minimum Gasteiger partial charge on any atom is -0.444 e. The molecule has 1 amide bonds. The van der Waals surface area contributed by atoms with Gasteiger partial charge in [0.05, 0.1) is 0 Å². The van der Waals surface area contributed by atoms with Gasteiger partial charge >= 0.3 is 6.09 Å². The maximum absolute atomic E-state index is 12.3. The molecule has 0 saturated heterocycles. The summed E-state index contributed by atoms with van der Waals surface area (Å²) >= 11 is 0. The van der Waals surface area contributed by atoms with Gasteiger partial charge in [0.1, 0.15) is 11.9 Å². The Morgan fingerprint density at radius 2 is 2.05 bits per heavy atom. The molecule has 0 heterocycles. The van der Waals surface area contributed by atoms with Crippen LogP contribution < -0.4 is 0 Å². The fraction of sp³-hybridized carbons (Fsp3) is 0.867. The van der Waals surface area contributed by atoms with Crippen LogP contribution in [0.1, 0.15) is 59.8 Å². The summed E-state index contributed by atoms with van der Waals surface area (Å²) in [5.74, 6) is 0.462. The molecule has 1 saturated carbocycles. The predicted molar refractivity (Wildman–Crippen MR) is 75.0 cm³/mol. The van der Waals surface area contributed by atoms with Crippen molar-refractivity contribution in [2.24, 2.45) is 5.92 Å². The van der Waals surface area contributed by atoms with Crippen molar-refractivity contribution in [1.29, 1.82) is 0 Å². The normalized spacial score (nSPS) is 17.5. The molecule has 1 fully saturated rings. The molecular formula is C15H27NO3. The second kappa shape index (κ2) is 6.92. The molecule has 0 bridgehead atoms. The van der Waals surface area contributed by atoms with E-state index in [9.17, 15) is 9.59 Å². The monoisotopic (exact) mass is 269 g/mol. The Hall–Kier alpha value is -1.06. The highest BCUT2D eigenvalue weighted by atomic mass is 16.6. The zero-order chi connectivity index (χ0) is 14.5. The SMILES string of the molecule is CCCN(C(=O)OC(C)(C)C)C(CC=O)C1CCC1. The topological polar surface area (TPSA) is 46.6 Å². The van der Waals surface area contributed by atoms with Gasteiger partial charge in [-0.05, 0) is 46.0 Å². The number of carbonyl (C=O) groups excluding carboxylic acids is 2. The molecule has 1 atom stereocenters. The first-order chi connectivity index (χ1) is 8.89. The summed E-state index contributed by atoms with van der Waals surface area (Å²) in [7, 11) is 0. The molecule has 0 radical (unpaired) electrons. The number of ether oxygens (including phenoxy) is 1. The molecule has 1 aliphatic rings. The van der Waals surface area contributed by atoms with Crippen LogP contribution in [-0.2, 0) is 9.53 Å². The molecule has 0 aromatic heterocycles. The van der Waals surface area contributed by atoms with E-state index in [1.165, 1.54) is 6.42 Å². The maximum Gasteiger partial charge on any atom is 0.410 e. The lowest BCUT2D eigenvalue weighted by Crippen LogP contribution is -2.48. The number of carbonyl (C=O) groups is 2. The maximum atomic E-state index is 12.3. The largest absolute Gasteiger partial charge is 0.444 e. The van der Waals surface area contributed by atoms with Crippen LogP contribution >= 0.6 is 0 Å². The van der Waals surface area contributed by atoms with E-state index in [1.54, 1.807) is 4.90 Å². The van der Waals surface area contributed by atoms with Gasteiger partial charge in [0, 0.05) is 19.0 Å². The van der Waals surface area contributed by atoms with Crippen LogP contribution in [0.4, 0.5) is 4.79 Å². The number of nitrogens with zero attached hydrogens (tertiary/aromatic N) is 1. The fourth-order valence-electron chi connectivity index (χ4n) is 2.45. The van der Waals surface area contributed by atoms with Crippen LogP contribution in [0, 0.1) is 5.92 Å². The van der Waals surface area contributed by atoms with Crippen LogP contribution in [-0.4, -0.2) is 35.5 Å². The predicted octanol–water partition coefficient (Wildman–Crippen LogP) is 3.39. The molecule has 0 aromatic rings. The van der Waals surface area contributed by atoms with Gasteiger partial charge in [-0.25, -0.2) is 4.79 Å². The highest BCUT2D eigenvalue weighted by molar-refractivity contribution is 5.69. The highest BCUT2D eigenvalue weighted by Crippen LogP contribution is 2.34. The first kappa shape index (κ1) is 16.0. The smallest absolute Gasteiger partial charge is 0.410 e. The number of aldehydes is 1. The van der Waals surface area contributed by atoms with E-state index in [0.717, 1.165) is 25.5 Å². The Bertz CT molecular complexity index is 305. The van der Waals surface area contributed by atoms with Gasteiger partial charge in [-0.3, -0.25) is 0 Å². The number of hydrogen-bond donors (Lipinski definition) is 0. The highest BCUT2D eigenvalue weighted by Gasteiger charge is 2.35. The molecule has 0 aromatic carbocycles. The quantitative estimate of drug-likeness (QED) is 0.694. The van der Waals surface area contributed by atoms with E-state index < -0.39 is 5.60 Å². The van der Waals surface area contributed by atoms with Crippen molar-refractivity contribution >= 4 is 12.4 Å². The lowest BCUT2D eigenvalue weighted by molar-refractivity contribution is -0.109. The third-order valence-electron chi connectivity index (χ3n) is 3.52. The van der Waals surface area contributed by atoms with E-state index in [2.05, 4.69) is 0 Å². The molecule has 4 heteroatoms. The Kier molecular flexibility index (Phi) is 5.83. The van der Waals surface area contributed by atoms with Gasteiger partial charge in [0.25, 0.3) is 0 Å². The Labute approximate surface area is 116 Å². The molecular weight excluding hydrogens is 242 g/mol. The van der Waals surface area contributed by atoms with Crippen LogP contribution in [0.25, 0.3) is 0 Å². The summed E-state index contributed by atoms with van der Waals surface area (Å²) in [5, 5.41) is 0. The molecule has 4 nitrogen and oxygen atoms in total. The van der Waals surface area contributed by atoms with Crippen LogP contribution in [0.5, 0.6) is 0 Å². The van der Waals surface area contributed by atoms with Crippen molar-refractivity contribution in [3.63, 3.8) is 0 Å². The summed E-state index contributed by atoms with van der Waals surface area (Å²) in [6.45, 7) is 8.30. The molecule has 110 valence electrons. The van der Waals surface area contributed by atoms with Crippen molar-refractivity contribution in [3.8, 4) is 0 Å². The minimum absolute atomic E-state index is 0.0149. The number of hydrogen-bond acceptors (Lipinski definition) is 3. The van der Waals surface area contributed by atoms with E-state index in [0.29, 0.717) is 18.9 Å². The first-order valence-electron chi connectivity index (χ1n) is 7.32. The number of amides is 1. The minimum atomic E-state index is -0.492. The molecule has 0 spiro atoms. The molecule has 1 unspecified atom stereocenters. The van der Waals surface area contributed by atoms with E-state index in [-0.39, 0.29) is 12.1 Å². The van der Waals surface area contributed by atoms with Crippen LogP contribution in [0.3, 0.4) is 0 Å². The van der Waals surface area contributed by atoms with E-state index in [4.69, 9.17) is 4.74 Å². The summed E-state index contributed by atoms with van der Waals surface area (Å²) < 4.78 is 5.47. The third-order valence-corrected chi connectivity index (χ3v) is 3.52. The average molecular weight is 269 g/mol. The van der Waals surface area contributed by atoms with Gasteiger partial charge in [0.2, 0.25) is 0 Å². The molecule has 1 rings (SSSR count). The third kappa shape index (κ3) is 4.84. The van der Waals surface area contributed by atoms with Crippen molar-refractivity contribution in [1.82, 2.24) is 4.90 Å².